The van der Waals surface area contributed by atoms with Gasteiger partial charge in [-0.15, -0.1) is 0 Å². The molecule has 2 rings (SSSR count). The van der Waals surface area contributed by atoms with E-state index in [4.69, 9.17) is 11.6 Å². The molecule has 1 aliphatic rings. The Balaban J connectivity index is 2.69. The van der Waals surface area contributed by atoms with Gasteiger partial charge in [0.1, 0.15) is 5.03 Å². The topological polar surface area (TPSA) is 37.3 Å². The molecule has 1 saturated carbocycles. The van der Waals surface area contributed by atoms with Gasteiger partial charge >= 0.3 is 12.1 Å². The van der Waals surface area contributed by atoms with Crippen LogP contribution < -0.4 is 0 Å². The normalized spacial score (nSPS) is 24.9. The number of halogens is 8. The van der Waals surface area contributed by atoms with Crippen LogP contribution in [-0.2, 0) is 11.2 Å². The number of allylic oxidation sites excluding steroid dienone is 2. The van der Waals surface area contributed by atoms with Gasteiger partial charge in [-0.1, -0.05) is 31.5 Å². The molecule has 2 atom stereocenters. The van der Waals surface area contributed by atoms with Gasteiger partial charge in [0.15, 0.2) is 23.3 Å². The zero-order chi connectivity index (χ0) is 21.1. The van der Waals surface area contributed by atoms with Crippen LogP contribution in [0.3, 0.4) is 0 Å². The highest BCUT2D eigenvalue weighted by Crippen LogP contribution is 2.72. The van der Waals surface area contributed by atoms with Gasteiger partial charge in [-0.25, -0.2) is 17.6 Å². The number of carbonyl (C=O) groups is 1. The fourth-order valence-electron chi connectivity index (χ4n) is 3.61. The minimum Gasteiger partial charge on any atom is -0.481 e. The molecule has 0 radical (unpaired) electrons. The lowest BCUT2D eigenvalue weighted by molar-refractivity contribution is -0.139. The molecule has 2 nitrogen and oxygen atoms in total. The summed E-state index contributed by atoms with van der Waals surface area (Å²) in [6, 6.07) is 0. The van der Waals surface area contributed by atoms with Gasteiger partial charge in [0.25, 0.3) is 0 Å². The Labute approximate surface area is 154 Å². The average molecular weight is 419 g/mol. The Kier molecular flexibility index (Phi) is 5.10. The Bertz CT molecular complexity index is 816. The van der Waals surface area contributed by atoms with Gasteiger partial charge in [-0.3, -0.25) is 4.79 Å². The fraction of sp³-hybridized carbons (Fsp3) is 0.471. The van der Waals surface area contributed by atoms with Gasteiger partial charge in [0.05, 0.1) is 5.92 Å². The Morgan fingerprint density at radius 2 is 1.56 bits per heavy atom. The largest absolute Gasteiger partial charge is 0.481 e. The highest BCUT2D eigenvalue weighted by Gasteiger charge is 2.73. The molecule has 27 heavy (non-hydrogen) atoms. The van der Waals surface area contributed by atoms with E-state index in [0.717, 1.165) is 6.92 Å². The summed E-state index contributed by atoms with van der Waals surface area (Å²) in [6.45, 7) is 3.32. The maximum absolute atomic E-state index is 14.2. The fourth-order valence-corrected chi connectivity index (χ4v) is 3.80. The highest BCUT2D eigenvalue weighted by molar-refractivity contribution is 6.30. The van der Waals surface area contributed by atoms with Crippen LogP contribution in [0.5, 0.6) is 0 Å². The van der Waals surface area contributed by atoms with Gasteiger partial charge in [-0.05, 0) is 18.8 Å². The van der Waals surface area contributed by atoms with Gasteiger partial charge < -0.3 is 5.11 Å². The number of carboxylic acids is 1. The molecule has 1 unspecified atom stereocenters. The number of aliphatic carboxylic acids is 1. The van der Waals surface area contributed by atoms with Crippen LogP contribution in [0, 0.1) is 46.9 Å². The monoisotopic (exact) mass is 418 g/mol. The van der Waals surface area contributed by atoms with Gasteiger partial charge in [0, 0.05) is 16.5 Å². The predicted molar refractivity (Wildman–Crippen MR) is 82.0 cm³/mol. The van der Waals surface area contributed by atoms with Crippen LogP contribution in [-0.4, -0.2) is 17.3 Å². The molecule has 0 heterocycles. The van der Waals surface area contributed by atoms with Gasteiger partial charge in [0.2, 0.25) is 0 Å². The van der Waals surface area contributed by atoms with E-state index in [0.29, 0.717) is 6.08 Å². The predicted octanol–water partition coefficient (Wildman–Crippen LogP) is 5.51. The number of hydrogen-bond acceptors (Lipinski definition) is 1. The molecule has 1 aromatic rings. The first kappa shape index (κ1) is 21.5. The van der Waals surface area contributed by atoms with E-state index in [1.54, 1.807) is 0 Å². The van der Waals surface area contributed by atoms with Crippen molar-refractivity contribution in [2.45, 2.75) is 33.4 Å². The van der Waals surface area contributed by atoms with Crippen LogP contribution in [0.2, 0.25) is 0 Å². The molecule has 1 aromatic carbocycles. The van der Waals surface area contributed by atoms with Crippen molar-refractivity contribution in [3.05, 3.63) is 45.5 Å². The lowest BCUT2D eigenvalue weighted by atomic mass is 9.86. The molecular formula is C17H14ClF7O2. The SMILES string of the molecule is Cc1c(F)c(F)c(C[C@@]2(C=C(Cl)C(F)(F)F)C(C(=O)O)C2(C)C)c(F)c1F. The quantitative estimate of drug-likeness (QED) is 0.517. The molecule has 0 aromatic heterocycles. The summed E-state index contributed by atoms with van der Waals surface area (Å²) >= 11 is 5.22. The third-order valence-electron chi connectivity index (χ3n) is 5.30. The van der Waals surface area contributed by atoms with Crippen molar-refractivity contribution in [3.63, 3.8) is 0 Å². The first-order chi connectivity index (χ1) is 12.1. The maximum Gasteiger partial charge on any atom is 0.426 e. The second-order valence-corrected chi connectivity index (χ2v) is 7.47. The summed E-state index contributed by atoms with van der Waals surface area (Å²) in [6.07, 6.45) is -5.69. The standard InChI is InChI=1S/C17H14ClF7O2/c1-6-9(19)11(21)7(12(22)10(6)20)4-16(5-8(18)17(23,24)25)13(14(26)27)15(16,2)3/h5,13H,4H2,1-3H3,(H,26,27)/t13?,16-/m1/s1. The summed E-state index contributed by atoms with van der Waals surface area (Å²) in [4.78, 5) is 11.5. The zero-order valence-electron chi connectivity index (χ0n) is 14.2. The van der Waals surface area contributed by atoms with E-state index in [1.165, 1.54) is 13.8 Å². The van der Waals surface area contributed by atoms with E-state index in [2.05, 4.69) is 0 Å². The second-order valence-electron chi connectivity index (χ2n) is 7.06. The summed E-state index contributed by atoms with van der Waals surface area (Å²) in [5, 5.41) is 7.63. The maximum atomic E-state index is 14.2. The van der Waals surface area contributed by atoms with Crippen LogP contribution in [0.1, 0.15) is 25.0 Å². The van der Waals surface area contributed by atoms with Crippen molar-refractivity contribution in [1.82, 2.24) is 0 Å². The van der Waals surface area contributed by atoms with Crippen LogP contribution in [0.25, 0.3) is 0 Å². The van der Waals surface area contributed by atoms with E-state index in [1.807, 2.05) is 0 Å². The summed E-state index contributed by atoms with van der Waals surface area (Å²) in [5.74, 6) is -10.0. The Morgan fingerprint density at radius 1 is 1.11 bits per heavy atom. The van der Waals surface area contributed by atoms with Crippen molar-refractivity contribution in [2.75, 3.05) is 0 Å². The minimum atomic E-state index is -5.03. The lowest BCUT2D eigenvalue weighted by Crippen LogP contribution is -2.19. The van der Waals surface area contributed by atoms with Crippen molar-refractivity contribution in [2.24, 2.45) is 16.7 Å². The summed E-state index contributed by atoms with van der Waals surface area (Å²) < 4.78 is 94.6. The molecular weight excluding hydrogens is 405 g/mol. The summed E-state index contributed by atoms with van der Waals surface area (Å²) in [5.41, 5.74) is -5.52. The third kappa shape index (κ3) is 3.19. The lowest BCUT2D eigenvalue weighted by Gasteiger charge is -2.20. The van der Waals surface area contributed by atoms with Crippen molar-refractivity contribution in [3.8, 4) is 0 Å². The molecule has 10 heteroatoms. The first-order valence-electron chi connectivity index (χ1n) is 7.59. The molecule has 1 aliphatic carbocycles. The molecule has 0 saturated heterocycles. The average Bonchev–Trinajstić information content (AvgIpc) is 3.01. The van der Waals surface area contributed by atoms with Crippen LogP contribution in [0.15, 0.2) is 11.1 Å². The Hall–Kier alpha value is -1.77. The molecule has 1 N–H and O–H groups in total. The molecule has 0 aliphatic heterocycles. The smallest absolute Gasteiger partial charge is 0.426 e. The van der Waals surface area contributed by atoms with Gasteiger partial charge in [-0.2, -0.15) is 13.2 Å². The highest BCUT2D eigenvalue weighted by atomic mass is 35.5. The molecule has 0 spiro atoms. The molecule has 1 fully saturated rings. The first-order valence-corrected chi connectivity index (χ1v) is 7.97. The van der Waals surface area contributed by atoms with E-state index < -0.39 is 74.7 Å². The van der Waals surface area contributed by atoms with E-state index in [-0.39, 0.29) is 0 Å². The second kappa shape index (κ2) is 6.39. The number of carboxylic acid groups (broad SMARTS) is 1. The van der Waals surface area contributed by atoms with Crippen LogP contribution in [0.4, 0.5) is 30.7 Å². The van der Waals surface area contributed by atoms with E-state index in [9.17, 15) is 40.6 Å². The molecule has 150 valence electrons. The van der Waals surface area contributed by atoms with Crippen LogP contribution >= 0.6 is 11.6 Å². The van der Waals surface area contributed by atoms with Crippen molar-refractivity contribution in [1.29, 1.82) is 0 Å². The van der Waals surface area contributed by atoms with E-state index >= 15 is 0 Å². The Morgan fingerprint density at radius 3 is 1.89 bits per heavy atom. The molecule has 0 amide bonds. The number of alkyl halides is 3. The van der Waals surface area contributed by atoms with Crippen molar-refractivity contribution >= 4 is 17.6 Å². The minimum absolute atomic E-state index is 0.363. The number of benzene rings is 1. The van der Waals surface area contributed by atoms with Crippen molar-refractivity contribution < 1.29 is 40.6 Å². The zero-order valence-corrected chi connectivity index (χ0v) is 15.0. The number of hydrogen-bond donors (Lipinski definition) is 1. The summed E-state index contributed by atoms with van der Waals surface area (Å²) in [7, 11) is 0. The molecule has 0 bridgehead atoms. The third-order valence-corrected chi connectivity index (χ3v) is 5.62. The number of rotatable bonds is 4.